The number of aromatic nitrogens is 1. The number of methoxy groups -OCH3 is 1. The van der Waals surface area contributed by atoms with Gasteiger partial charge in [0.25, 0.3) is 0 Å². The summed E-state index contributed by atoms with van der Waals surface area (Å²) in [6, 6.07) is 12.5. The molecule has 0 saturated heterocycles. The molecule has 0 atom stereocenters. The number of benzene rings is 2. The molecule has 6 nitrogen and oxygen atoms in total. The Balaban J connectivity index is 1.58. The second-order valence-corrected chi connectivity index (χ2v) is 7.57. The van der Waals surface area contributed by atoms with Crippen molar-refractivity contribution in [1.82, 2.24) is 4.98 Å². The molecule has 0 bridgehead atoms. The van der Waals surface area contributed by atoms with Crippen LogP contribution in [0.5, 0.6) is 5.75 Å². The Hall–Kier alpha value is -3.45. The number of carbonyl (C=O) groups is 2. The van der Waals surface area contributed by atoms with Gasteiger partial charge in [0.2, 0.25) is 5.91 Å². The second-order valence-electron chi connectivity index (χ2n) is 6.51. The summed E-state index contributed by atoms with van der Waals surface area (Å²) in [6.45, 7) is 4.14. The Labute approximate surface area is 179 Å². The van der Waals surface area contributed by atoms with Crippen LogP contribution in [0.1, 0.15) is 32.2 Å². The number of rotatable bonds is 7. The van der Waals surface area contributed by atoms with Gasteiger partial charge >= 0.3 is 5.97 Å². The van der Waals surface area contributed by atoms with Crippen molar-refractivity contribution in [2.75, 3.05) is 12.4 Å². The number of aryl methyl sites for hydroxylation is 1. The Kier molecular flexibility index (Phi) is 6.98. The largest absolute Gasteiger partial charge is 0.487 e. The molecular formula is C23H22N2O4S. The molecule has 1 aromatic heterocycles. The van der Waals surface area contributed by atoms with Crippen LogP contribution in [0.15, 0.2) is 53.9 Å². The lowest BCUT2D eigenvalue weighted by atomic mass is 10.1. The van der Waals surface area contributed by atoms with Crippen molar-refractivity contribution in [2.24, 2.45) is 0 Å². The second kappa shape index (κ2) is 9.84. The van der Waals surface area contributed by atoms with Gasteiger partial charge in [-0.15, -0.1) is 11.3 Å². The first kappa shape index (κ1) is 21.3. The quantitative estimate of drug-likeness (QED) is 0.438. The highest BCUT2D eigenvalue weighted by atomic mass is 32.1. The molecule has 0 aliphatic heterocycles. The first-order valence-corrected chi connectivity index (χ1v) is 10.1. The van der Waals surface area contributed by atoms with Crippen LogP contribution < -0.4 is 10.1 Å². The van der Waals surface area contributed by atoms with Crippen molar-refractivity contribution in [3.63, 3.8) is 0 Å². The van der Waals surface area contributed by atoms with E-state index in [1.54, 1.807) is 42.5 Å². The first-order chi connectivity index (χ1) is 14.5. The van der Waals surface area contributed by atoms with Gasteiger partial charge in [-0.3, -0.25) is 4.79 Å². The Morgan fingerprint density at radius 2 is 1.90 bits per heavy atom. The standard InChI is InChI=1S/C23H22N2O4S/c1-15-20(23(27)28-3)5-4-6-21(15)25-22(26)12-9-17-7-10-19(11-8-17)29-13-18-14-30-16(2)24-18/h4-12,14H,13H2,1-3H3,(H,25,26)/b12-9+. The zero-order valence-electron chi connectivity index (χ0n) is 17.0. The summed E-state index contributed by atoms with van der Waals surface area (Å²) in [6.07, 6.45) is 3.15. The average molecular weight is 423 g/mol. The van der Waals surface area contributed by atoms with Crippen molar-refractivity contribution >= 4 is 35.0 Å². The van der Waals surface area contributed by atoms with Gasteiger partial charge in [-0.2, -0.15) is 0 Å². The summed E-state index contributed by atoms with van der Waals surface area (Å²) in [4.78, 5) is 28.4. The van der Waals surface area contributed by atoms with Crippen LogP contribution in [0.2, 0.25) is 0 Å². The van der Waals surface area contributed by atoms with Crippen molar-refractivity contribution in [3.8, 4) is 5.75 Å². The lowest BCUT2D eigenvalue weighted by Gasteiger charge is -2.10. The molecule has 0 fully saturated rings. The van der Waals surface area contributed by atoms with Gasteiger partial charge in [-0.1, -0.05) is 18.2 Å². The monoisotopic (exact) mass is 422 g/mol. The van der Waals surface area contributed by atoms with Crippen LogP contribution in [0.3, 0.4) is 0 Å². The van der Waals surface area contributed by atoms with E-state index in [2.05, 4.69) is 10.3 Å². The van der Waals surface area contributed by atoms with Crippen LogP contribution in [0.25, 0.3) is 6.08 Å². The third-order valence-electron chi connectivity index (χ3n) is 4.36. The SMILES string of the molecule is COC(=O)c1cccc(NC(=O)/C=C/c2ccc(OCc3csc(C)n3)cc2)c1C. The lowest BCUT2D eigenvalue weighted by molar-refractivity contribution is -0.111. The highest BCUT2D eigenvalue weighted by Crippen LogP contribution is 2.20. The fourth-order valence-corrected chi connectivity index (χ4v) is 3.35. The number of amides is 1. The van der Waals surface area contributed by atoms with E-state index in [0.717, 1.165) is 22.0 Å². The van der Waals surface area contributed by atoms with Gasteiger partial charge in [-0.05, 0) is 55.3 Å². The molecule has 1 heterocycles. The minimum atomic E-state index is -0.439. The van der Waals surface area contributed by atoms with Gasteiger partial charge in [-0.25, -0.2) is 9.78 Å². The fraction of sp³-hybridized carbons (Fsp3) is 0.174. The van der Waals surface area contributed by atoms with Crippen molar-refractivity contribution in [1.29, 1.82) is 0 Å². The Morgan fingerprint density at radius 1 is 1.13 bits per heavy atom. The highest BCUT2D eigenvalue weighted by molar-refractivity contribution is 7.09. The highest BCUT2D eigenvalue weighted by Gasteiger charge is 2.12. The summed E-state index contributed by atoms with van der Waals surface area (Å²) in [7, 11) is 1.33. The van der Waals surface area contributed by atoms with E-state index in [0.29, 0.717) is 23.4 Å². The van der Waals surface area contributed by atoms with Gasteiger partial charge in [0.15, 0.2) is 0 Å². The summed E-state index contributed by atoms with van der Waals surface area (Å²) in [5.74, 6) is 0.00297. The molecular weight excluding hydrogens is 400 g/mol. The average Bonchev–Trinajstić information content (AvgIpc) is 3.17. The van der Waals surface area contributed by atoms with Gasteiger partial charge in [0.05, 0.1) is 23.4 Å². The normalized spacial score (nSPS) is 10.8. The summed E-state index contributed by atoms with van der Waals surface area (Å²) in [5, 5.41) is 5.78. The molecule has 7 heteroatoms. The molecule has 154 valence electrons. The van der Waals surface area contributed by atoms with Crippen LogP contribution >= 0.6 is 11.3 Å². The zero-order chi connectivity index (χ0) is 21.5. The third-order valence-corrected chi connectivity index (χ3v) is 5.18. The van der Waals surface area contributed by atoms with Gasteiger partial charge in [0, 0.05) is 17.1 Å². The fourth-order valence-electron chi connectivity index (χ4n) is 2.76. The first-order valence-electron chi connectivity index (χ1n) is 9.27. The topological polar surface area (TPSA) is 77.5 Å². The smallest absolute Gasteiger partial charge is 0.338 e. The van der Waals surface area contributed by atoms with Crippen LogP contribution in [0.4, 0.5) is 5.69 Å². The summed E-state index contributed by atoms with van der Waals surface area (Å²) < 4.78 is 10.5. The number of hydrogen-bond donors (Lipinski definition) is 1. The minimum Gasteiger partial charge on any atom is -0.487 e. The van der Waals surface area contributed by atoms with E-state index < -0.39 is 5.97 Å². The summed E-state index contributed by atoms with van der Waals surface area (Å²) in [5.41, 5.74) is 3.41. The predicted octanol–water partition coefficient (Wildman–Crippen LogP) is 4.78. The number of esters is 1. The predicted molar refractivity (Wildman–Crippen MR) is 118 cm³/mol. The molecule has 0 aliphatic carbocycles. The van der Waals surface area contributed by atoms with Crippen molar-refractivity contribution in [2.45, 2.75) is 20.5 Å². The Bertz CT molecular complexity index is 1070. The molecule has 1 N–H and O–H groups in total. The number of anilines is 1. The molecule has 0 saturated carbocycles. The van der Waals surface area contributed by atoms with E-state index in [1.165, 1.54) is 13.2 Å². The molecule has 2 aromatic carbocycles. The Morgan fingerprint density at radius 3 is 2.57 bits per heavy atom. The van der Waals surface area contributed by atoms with Crippen LogP contribution in [-0.2, 0) is 16.1 Å². The number of nitrogens with one attached hydrogen (secondary N) is 1. The number of carbonyl (C=O) groups excluding carboxylic acids is 2. The molecule has 0 aliphatic rings. The zero-order valence-corrected chi connectivity index (χ0v) is 17.8. The van der Waals surface area contributed by atoms with E-state index in [1.807, 2.05) is 36.6 Å². The van der Waals surface area contributed by atoms with E-state index in [-0.39, 0.29) is 5.91 Å². The molecule has 3 rings (SSSR count). The molecule has 1 amide bonds. The third kappa shape index (κ3) is 5.55. The van der Waals surface area contributed by atoms with Gasteiger partial charge in [0.1, 0.15) is 12.4 Å². The molecule has 0 spiro atoms. The number of hydrogen-bond acceptors (Lipinski definition) is 6. The lowest BCUT2D eigenvalue weighted by Crippen LogP contribution is -2.11. The van der Waals surface area contributed by atoms with E-state index in [9.17, 15) is 9.59 Å². The van der Waals surface area contributed by atoms with Gasteiger partial charge < -0.3 is 14.8 Å². The van der Waals surface area contributed by atoms with Crippen LogP contribution in [-0.4, -0.2) is 24.0 Å². The molecule has 0 unspecified atom stereocenters. The maximum atomic E-state index is 12.3. The molecule has 0 radical (unpaired) electrons. The molecule has 3 aromatic rings. The number of thiazole rings is 1. The summed E-state index contributed by atoms with van der Waals surface area (Å²) >= 11 is 1.59. The van der Waals surface area contributed by atoms with E-state index >= 15 is 0 Å². The number of nitrogens with zero attached hydrogens (tertiary/aromatic N) is 1. The van der Waals surface area contributed by atoms with Crippen LogP contribution in [0, 0.1) is 13.8 Å². The maximum absolute atomic E-state index is 12.3. The molecule has 30 heavy (non-hydrogen) atoms. The number of ether oxygens (including phenoxy) is 2. The minimum absolute atomic E-state index is 0.292. The maximum Gasteiger partial charge on any atom is 0.338 e. The van der Waals surface area contributed by atoms with E-state index in [4.69, 9.17) is 9.47 Å². The van der Waals surface area contributed by atoms with Crippen molar-refractivity contribution in [3.05, 3.63) is 81.3 Å². The van der Waals surface area contributed by atoms with Crippen molar-refractivity contribution < 1.29 is 19.1 Å².